The number of primary amides is 1. The van der Waals surface area contributed by atoms with Crippen LogP contribution in [0.15, 0.2) is 29.2 Å². The Morgan fingerprint density at radius 1 is 1.28 bits per heavy atom. The van der Waals surface area contributed by atoms with Crippen molar-refractivity contribution >= 4 is 40.9 Å². The van der Waals surface area contributed by atoms with Gasteiger partial charge in [-0.25, -0.2) is 0 Å². The molecule has 1 fully saturated rings. The third kappa shape index (κ3) is 4.83. The summed E-state index contributed by atoms with van der Waals surface area (Å²) in [6, 6.07) is 6.68. The lowest BCUT2D eigenvalue weighted by molar-refractivity contribution is -0.146. The van der Waals surface area contributed by atoms with Crippen molar-refractivity contribution in [2.45, 2.75) is 6.92 Å². The fourth-order valence-electron chi connectivity index (χ4n) is 1.99. The maximum atomic E-state index is 12.3. The minimum Gasteiger partial charge on any atom is -0.483 e. The highest BCUT2D eigenvalue weighted by Crippen LogP contribution is 2.33. The molecule has 0 aromatic heterocycles. The minimum absolute atomic E-state index is 0.143. The van der Waals surface area contributed by atoms with Crippen LogP contribution in [0, 0.1) is 0 Å². The first-order valence-electron chi connectivity index (χ1n) is 7.33. The van der Waals surface area contributed by atoms with E-state index in [4.69, 9.17) is 15.2 Å². The number of imide groups is 1. The Morgan fingerprint density at radius 3 is 2.68 bits per heavy atom. The molecule has 1 aromatic rings. The van der Waals surface area contributed by atoms with Gasteiger partial charge in [0.25, 0.3) is 17.1 Å². The molecule has 0 bridgehead atoms. The molecule has 0 spiro atoms. The molecular weight excluding hydrogens is 348 g/mol. The Kier molecular flexibility index (Phi) is 6.18. The van der Waals surface area contributed by atoms with Crippen LogP contribution >= 0.6 is 11.8 Å². The van der Waals surface area contributed by atoms with Gasteiger partial charge in [-0.2, -0.15) is 0 Å². The van der Waals surface area contributed by atoms with Crippen LogP contribution in [0.5, 0.6) is 5.75 Å². The van der Waals surface area contributed by atoms with Gasteiger partial charge in [-0.1, -0.05) is 18.2 Å². The first kappa shape index (κ1) is 18.5. The van der Waals surface area contributed by atoms with E-state index >= 15 is 0 Å². The van der Waals surface area contributed by atoms with E-state index in [1.54, 1.807) is 31.2 Å². The van der Waals surface area contributed by atoms with Crippen LogP contribution in [0.25, 0.3) is 6.08 Å². The highest BCUT2D eigenvalue weighted by atomic mass is 32.2. The predicted octanol–water partition coefficient (Wildman–Crippen LogP) is 1.15. The molecule has 132 valence electrons. The number of thioether (sulfide) groups is 1. The Morgan fingerprint density at radius 2 is 2.00 bits per heavy atom. The van der Waals surface area contributed by atoms with Crippen molar-refractivity contribution in [3.63, 3.8) is 0 Å². The second-order valence-electron chi connectivity index (χ2n) is 4.87. The van der Waals surface area contributed by atoms with Crippen LogP contribution in [-0.4, -0.2) is 47.7 Å². The molecule has 3 amide bonds. The number of benzene rings is 1. The summed E-state index contributed by atoms with van der Waals surface area (Å²) in [5.41, 5.74) is 5.56. The Bertz CT molecular complexity index is 746. The van der Waals surface area contributed by atoms with Crippen molar-refractivity contribution in [2.75, 3.05) is 19.8 Å². The van der Waals surface area contributed by atoms with Crippen molar-refractivity contribution in [3.05, 3.63) is 34.7 Å². The average Bonchev–Trinajstić information content (AvgIpc) is 2.82. The van der Waals surface area contributed by atoms with E-state index in [2.05, 4.69) is 0 Å². The quantitative estimate of drug-likeness (QED) is 0.570. The fourth-order valence-corrected chi connectivity index (χ4v) is 2.82. The maximum Gasteiger partial charge on any atom is 0.326 e. The SMILES string of the molecule is CCOC(=O)CN1C(=O)S/C(=C\c2ccccc2OCC(N)=O)C1=O. The molecule has 0 atom stereocenters. The highest BCUT2D eigenvalue weighted by molar-refractivity contribution is 8.18. The lowest BCUT2D eigenvalue weighted by Crippen LogP contribution is -2.34. The number of carbonyl (C=O) groups excluding carboxylic acids is 4. The summed E-state index contributed by atoms with van der Waals surface area (Å²) in [5, 5.41) is -0.556. The van der Waals surface area contributed by atoms with E-state index in [-0.39, 0.29) is 18.1 Å². The normalized spacial score (nSPS) is 15.6. The van der Waals surface area contributed by atoms with Crippen LogP contribution in [0.2, 0.25) is 0 Å². The van der Waals surface area contributed by atoms with Crippen LogP contribution in [0.4, 0.5) is 4.79 Å². The van der Waals surface area contributed by atoms with Gasteiger partial charge in [-0.15, -0.1) is 0 Å². The summed E-state index contributed by atoms with van der Waals surface area (Å²) in [4.78, 5) is 47.6. The number of nitrogens with zero attached hydrogens (tertiary/aromatic N) is 1. The highest BCUT2D eigenvalue weighted by Gasteiger charge is 2.36. The Hall–Kier alpha value is -2.81. The molecule has 0 radical (unpaired) electrons. The topological polar surface area (TPSA) is 116 Å². The lowest BCUT2D eigenvalue weighted by Gasteiger charge is -2.11. The monoisotopic (exact) mass is 364 g/mol. The van der Waals surface area contributed by atoms with E-state index < -0.39 is 29.6 Å². The van der Waals surface area contributed by atoms with Crippen molar-refractivity contribution in [3.8, 4) is 5.75 Å². The van der Waals surface area contributed by atoms with Gasteiger partial charge in [-0.05, 0) is 30.8 Å². The smallest absolute Gasteiger partial charge is 0.326 e. The third-order valence-corrected chi connectivity index (χ3v) is 3.95. The summed E-state index contributed by atoms with van der Waals surface area (Å²) < 4.78 is 10.0. The molecule has 1 saturated heterocycles. The third-order valence-electron chi connectivity index (χ3n) is 3.04. The molecule has 0 saturated carbocycles. The summed E-state index contributed by atoms with van der Waals surface area (Å²) >= 11 is 0.713. The van der Waals surface area contributed by atoms with E-state index in [0.717, 1.165) is 4.90 Å². The zero-order valence-corrected chi connectivity index (χ0v) is 14.2. The predicted molar refractivity (Wildman–Crippen MR) is 90.4 cm³/mol. The van der Waals surface area contributed by atoms with E-state index in [1.807, 2.05) is 0 Å². The zero-order chi connectivity index (χ0) is 18.4. The van der Waals surface area contributed by atoms with Gasteiger partial charge >= 0.3 is 5.97 Å². The fraction of sp³-hybridized carbons (Fsp3) is 0.250. The number of para-hydroxylation sites is 1. The van der Waals surface area contributed by atoms with E-state index in [9.17, 15) is 19.2 Å². The van der Waals surface area contributed by atoms with Crippen molar-refractivity contribution in [2.24, 2.45) is 5.73 Å². The first-order chi connectivity index (χ1) is 11.9. The molecule has 8 nitrogen and oxygen atoms in total. The molecule has 0 aliphatic carbocycles. The minimum atomic E-state index is -0.656. The molecule has 1 aliphatic rings. The molecule has 1 aliphatic heterocycles. The summed E-state index contributed by atoms with van der Waals surface area (Å²) in [5.74, 6) is -1.54. The van der Waals surface area contributed by atoms with E-state index in [0.29, 0.717) is 23.1 Å². The number of hydrogen-bond acceptors (Lipinski definition) is 7. The Balaban J connectivity index is 2.19. The van der Waals surface area contributed by atoms with Gasteiger partial charge in [0.05, 0.1) is 11.5 Å². The number of amides is 3. The molecule has 9 heteroatoms. The number of hydrogen-bond donors (Lipinski definition) is 1. The standard InChI is InChI=1S/C16H16N2O6S/c1-2-23-14(20)8-18-15(21)12(25-16(18)22)7-10-5-3-4-6-11(10)24-9-13(17)19/h3-7H,2,8-9H2,1H3,(H2,17,19)/b12-7-. The number of rotatable bonds is 7. The van der Waals surface area contributed by atoms with Crippen molar-refractivity contribution in [1.29, 1.82) is 0 Å². The molecule has 2 N–H and O–H groups in total. The first-order valence-corrected chi connectivity index (χ1v) is 8.15. The lowest BCUT2D eigenvalue weighted by atomic mass is 10.2. The van der Waals surface area contributed by atoms with Crippen LogP contribution in [0.3, 0.4) is 0 Å². The molecule has 25 heavy (non-hydrogen) atoms. The van der Waals surface area contributed by atoms with Crippen molar-refractivity contribution in [1.82, 2.24) is 4.90 Å². The van der Waals surface area contributed by atoms with E-state index in [1.165, 1.54) is 6.08 Å². The van der Waals surface area contributed by atoms with Gasteiger partial charge in [-0.3, -0.25) is 24.1 Å². The average molecular weight is 364 g/mol. The molecule has 1 heterocycles. The number of esters is 1. The Labute approximate surface area is 147 Å². The van der Waals surface area contributed by atoms with Gasteiger partial charge in [0.2, 0.25) is 0 Å². The number of carbonyl (C=O) groups is 4. The van der Waals surface area contributed by atoms with Gasteiger partial charge in [0.15, 0.2) is 6.61 Å². The van der Waals surface area contributed by atoms with Gasteiger partial charge in [0, 0.05) is 5.56 Å². The van der Waals surface area contributed by atoms with Crippen LogP contribution in [0.1, 0.15) is 12.5 Å². The largest absolute Gasteiger partial charge is 0.483 e. The number of nitrogens with two attached hydrogens (primary N) is 1. The summed E-state index contributed by atoms with van der Waals surface area (Å²) in [7, 11) is 0. The van der Waals surface area contributed by atoms with Crippen molar-refractivity contribution < 1.29 is 28.7 Å². The molecule has 2 rings (SSSR count). The van der Waals surface area contributed by atoms with Crippen LogP contribution in [-0.2, 0) is 19.1 Å². The summed E-state index contributed by atoms with van der Waals surface area (Å²) in [6.45, 7) is 1.05. The zero-order valence-electron chi connectivity index (χ0n) is 13.4. The molecule has 1 aromatic carbocycles. The molecule has 0 unspecified atom stereocenters. The number of ether oxygens (including phenoxy) is 2. The van der Waals surface area contributed by atoms with Crippen LogP contribution < -0.4 is 10.5 Å². The molecular formula is C16H16N2O6S. The van der Waals surface area contributed by atoms with Gasteiger partial charge in [0.1, 0.15) is 12.3 Å². The second kappa shape index (κ2) is 8.34. The van der Waals surface area contributed by atoms with Gasteiger partial charge < -0.3 is 15.2 Å². The maximum absolute atomic E-state index is 12.3. The second-order valence-corrected chi connectivity index (χ2v) is 5.86. The summed E-state index contributed by atoms with van der Waals surface area (Å²) in [6.07, 6.45) is 1.46.